The third-order valence-corrected chi connectivity index (χ3v) is 15.3. The molecule has 0 aliphatic rings. The van der Waals surface area contributed by atoms with Crippen molar-refractivity contribution in [3.63, 3.8) is 0 Å². The van der Waals surface area contributed by atoms with Crippen LogP contribution in [0.3, 0.4) is 0 Å². The molecule has 0 N–H and O–H groups in total. The molecule has 0 fully saturated rings. The van der Waals surface area contributed by atoms with Gasteiger partial charge in [0.25, 0.3) is 0 Å². The summed E-state index contributed by atoms with van der Waals surface area (Å²) in [7, 11) is 0. The Bertz CT molecular complexity index is 168. The van der Waals surface area contributed by atoms with Gasteiger partial charge >= 0.3 is 78.3 Å². The van der Waals surface area contributed by atoms with E-state index >= 15 is 0 Å². The zero-order valence-corrected chi connectivity index (χ0v) is 10.8. The van der Waals surface area contributed by atoms with Gasteiger partial charge in [-0.3, -0.25) is 0 Å². The summed E-state index contributed by atoms with van der Waals surface area (Å²) in [6.07, 6.45) is 0.930. The first-order valence-corrected chi connectivity index (χ1v) is 10.4. The van der Waals surface area contributed by atoms with E-state index in [9.17, 15) is 4.79 Å². The molecule has 0 saturated heterocycles. The van der Waals surface area contributed by atoms with Gasteiger partial charge in [-0.05, 0) is 0 Å². The molecule has 0 heterocycles. The van der Waals surface area contributed by atoms with Crippen LogP contribution in [0.2, 0.25) is 15.8 Å². The van der Waals surface area contributed by atoms with Gasteiger partial charge in [0.05, 0.1) is 0 Å². The van der Waals surface area contributed by atoms with Crippen LogP contribution >= 0.6 is 0 Å². The molecule has 1 nitrogen and oxygen atoms in total. The first-order valence-electron chi connectivity index (χ1n) is 4.95. The van der Waals surface area contributed by atoms with Crippen molar-refractivity contribution in [3.8, 4) is 0 Å². The number of carbonyl (C=O) groups excluding carboxylic acids is 1. The average Bonchev–Trinajstić information content (AvgIpc) is 2.14. The van der Waals surface area contributed by atoms with Crippen LogP contribution in [-0.2, 0) is 4.79 Å². The SMILES string of the molecule is CC[C](=C=O)[Ge]([CH2]C)([CH2]C)[CH2]C. The molecule has 0 radical (unpaired) electrons. The predicted molar refractivity (Wildman–Crippen MR) is 56.7 cm³/mol. The Kier molecular flexibility index (Phi) is 5.60. The van der Waals surface area contributed by atoms with Crippen molar-refractivity contribution in [1.29, 1.82) is 0 Å². The summed E-state index contributed by atoms with van der Waals surface area (Å²) in [6.45, 7) is 8.79. The maximum absolute atomic E-state index is 10.7. The van der Waals surface area contributed by atoms with Crippen molar-refractivity contribution in [2.75, 3.05) is 0 Å². The summed E-state index contributed by atoms with van der Waals surface area (Å²) in [5, 5.41) is 3.72. The fourth-order valence-corrected chi connectivity index (χ4v) is 9.81. The molecule has 0 aromatic carbocycles. The van der Waals surface area contributed by atoms with Crippen LogP contribution in [0.1, 0.15) is 34.1 Å². The third kappa shape index (κ3) is 2.24. The van der Waals surface area contributed by atoms with Crippen molar-refractivity contribution in [3.05, 3.63) is 4.41 Å². The number of rotatable bonds is 5. The van der Waals surface area contributed by atoms with E-state index in [1.54, 1.807) is 0 Å². The Morgan fingerprint density at radius 1 is 1.08 bits per heavy atom. The van der Waals surface area contributed by atoms with Gasteiger partial charge in [0.15, 0.2) is 0 Å². The van der Waals surface area contributed by atoms with Crippen LogP contribution in [-0.4, -0.2) is 19.2 Å². The van der Waals surface area contributed by atoms with Gasteiger partial charge in [0.1, 0.15) is 0 Å². The van der Waals surface area contributed by atoms with Crippen molar-refractivity contribution >= 4 is 19.2 Å². The van der Waals surface area contributed by atoms with Gasteiger partial charge in [0, 0.05) is 0 Å². The fraction of sp³-hybridized carbons (Fsp3) is 0.800. The molecule has 0 atom stereocenters. The summed E-state index contributed by atoms with van der Waals surface area (Å²) < 4.78 is 1.16. The molecule has 0 unspecified atom stereocenters. The van der Waals surface area contributed by atoms with Crippen molar-refractivity contribution in [1.82, 2.24) is 0 Å². The average molecular weight is 229 g/mol. The monoisotopic (exact) mass is 230 g/mol. The fourth-order valence-electron chi connectivity index (χ4n) is 1.95. The van der Waals surface area contributed by atoms with E-state index in [1.807, 2.05) is 0 Å². The van der Waals surface area contributed by atoms with Gasteiger partial charge in [-0.2, -0.15) is 0 Å². The van der Waals surface area contributed by atoms with E-state index in [0.717, 1.165) is 10.8 Å². The second-order valence-corrected chi connectivity index (χ2v) is 14.4. The minimum atomic E-state index is -1.88. The zero-order valence-electron chi connectivity index (χ0n) is 8.74. The van der Waals surface area contributed by atoms with Crippen LogP contribution in [0.15, 0.2) is 4.41 Å². The summed E-state index contributed by atoms with van der Waals surface area (Å²) in [6, 6.07) is 0. The molecule has 0 aromatic rings. The first-order chi connectivity index (χ1) is 5.70. The molecule has 0 rings (SSSR count). The topological polar surface area (TPSA) is 17.1 Å². The Labute approximate surface area is 78.6 Å². The van der Waals surface area contributed by atoms with E-state index in [2.05, 4.69) is 33.6 Å². The number of hydrogen-bond acceptors (Lipinski definition) is 1. The van der Waals surface area contributed by atoms with Crippen LogP contribution in [0.4, 0.5) is 0 Å². The van der Waals surface area contributed by atoms with Gasteiger partial charge in [-0.15, -0.1) is 0 Å². The van der Waals surface area contributed by atoms with Gasteiger partial charge < -0.3 is 0 Å². The standard InChI is InChI=1S/C10H20GeO/c1-5-10(9-12)11(6-2,7-3)8-4/h5-8H2,1-4H3. The van der Waals surface area contributed by atoms with Crippen LogP contribution in [0.25, 0.3) is 0 Å². The molecular formula is C10H20GeO. The summed E-state index contributed by atoms with van der Waals surface area (Å²) >= 11 is -1.88. The van der Waals surface area contributed by atoms with Crippen LogP contribution in [0, 0.1) is 0 Å². The molecule has 0 aromatic heterocycles. The molecule has 0 aliphatic heterocycles. The van der Waals surface area contributed by atoms with E-state index in [4.69, 9.17) is 0 Å². The van der Waals surface area contributed by atoms with Crippen molar-refractivity contribution in [2.24, 2.45) is 0 Å². The normalized spacial score (nSPS) is 11.0. The molecule has 0 amide bonds. The molecule has 0 aliphatic carbocycles. The van der Waals surface area contributed by atoms with E-state index in [1.165, 1.54) is 15.8 Å². The molecule has 0 bridgehead atoms. The zero-order chi connectivity index (χ0) is 9.61. The second kappa shape index (κ2) is 5.61. The number of allylic oxidation sites excluding steroid dienone is 1. The van der Waals surface area contributed by atoms with Crippen LogP contribution < -0.4 is 0 Å². The Balaban J connectivity index is 4.80. The van der Waals surface area contributed by atoms with E-state index in [0.29, 0.717) is 0 Å². The first kappa shape index (κ1) is 12.0. The maximum atomic E-state index is 10.7. The Hall–Kier alpha value is -0.00714. The van der Waals surface area contributed by atoms with Crippen molar-refractivity contribution < 1.29 is 4.79 Å². The van der Waals surface area contributed by atoms with Crippen molar-refractivity contribution in [2.45, 2.75) is 49.9 Å². The molecule has 0 saturated carbocycles. The second-order valence-electron chi connectivity index (χ2n) is 3.28. The van der Waals surface area contributed by atoms with Gasteiger partial charge in [-0.25, -0.2) is 0 Å². The van der Waals surface area contributed by atoms with Gasteiger partial charge in [0.2, 0.25) is 0 Å². The van der Waals surface area contributed by atoms with E-state index < -0.39 is 13.3 Å². The predicted octanol–water partition coefficient (Wildman–Crippen LogP) is 3.20. The minimum absolute atomic E-state index is 0.930. The summed E-state index contributed by atoms with van der Waals surface area (Å²) in [4.78, 5) is 10.7. The van der Waals surface area contributed by atoms with E-state index in [-0.39, 0.29) is 0 Å². The molecular weight excluding hydrogens is 209 g/mol. The molecule has 70 valence electrons. The number of hydrogen-bond donors (Lipinski definition) is 0. The third-order valence-electron chi connectivity index (χ3n) is 3.15. The molecule has 2 heteroatoms. The van der Waals surface area contributed by atoms with Crippen LogP contribution in [0.5, 0.6) is 0 Å². The Morgan fingerprint density at radius 3 is 1.58 bits per heavy atom. The molecule has 0 spiro atoms. The summed E-state index contributed by atoms with van der Waals surface area (Å²) in [5.74, 6) is 2.20. The van der Waals surface area contributed by atoms with Gasteiger partial charge in [-0.1, -0.05) is 0 Å². The summed E-state index contributed by atoms with van der Waals surface area (Å²) in [5.41, 5.74) is 0. The Morgan fingerprint density at radius 2 is 1.50 bits per heavy atom. The quantitative estimate of drug-likeness (QED) is 0.522. The molecule has 12 heavy (non-hydrogen) atoms.